The molecule has 2 N–H and O–H groups in total. The van der Waals surface area contributed by atoms with Crippen LogP contribution < -0.4 is 5.32 Å². The van der Waals surface area contributed by atoms with Crippen molar-refractivity contribution in [3.63, 3.8) is 0 Å². The Morgan fingerprint density at radius 2 is 1.92 bits per heavy atom. The number of sulfonamides is 1. The fourth-order valence-corrected chi connectivity index (χ4v) is 3.37. The SMILES string of the molecule is CCS(=O)(=O)N(C)CCCNC(=O)N1C[C@@H](C(F)(F)F)[C@H](C(=O)O)C1. The van der Waals surface area contributed by atoms with Gasteiger partial charge < -0.3 is 15.3 Å². The van der Waals surface area contributed by atoms with Crippen LogP contribution in [-0.2, 0) is 14.8 Å². The van der Waals surface area contributed by atoms with Crippen molar-refractivity contribution in [2.75, 3.05) is 39.0 Å². The van der Waals surface area contributed by atoms with Crippen LogP contribution in [0.15, 0.2) is 0 Å². The second kappa shape index (κ2) is 8.21. The van der Waals surface area contributed by atoms with E-state index in [0.29, 0.717) is 0 Å². The summed E-state index contributed by atoms with van der Waals surface area (Å²) < 4.78 is 62.8. The van der Waals surface area contributed by atoms with Crippen molar-refractivity contribution in [2.45, 2.75) is 19.5 Å². The number of nitrogens with zero attached hydrogens (tertiary/aromatic N) is 2. The highest BCUT2D eigenvalue weighted by molar-refractivity contribution is 7.89. The summed E-state index contributed by atoms with van der Waals surface area (Å²) in [7, 11) is -1.94. The second-order valence-electron chi connectivity index (χ2n) is 5.81. The predicted molar refractivity (Wildman–Crippen MR) is 82.4 cm³/mol. The number of hydrogen-bond donors (Lipinski definition) is 2. The highest BCUT2D eigenvalue weighted by Crippen LogP contribution is 2.37. The molecule has 1 rings (SSSR count). The van der Waals surface area contributed by atoms with Crippen molar-refractivity contribution in [3.05, 3.63) is 0 Å². The molecule has 1 aliphatic rings. The number of carbonyl (C=O) groups excluding carboxylic acids is 1. The van der Waals surface area contributed by atoms with E-state index in [1.807, 2.05) is 0 Å². The van der Waals surface area contributed by atoms with Crippen molar-refractivity contribution < 1.29 is 36.3 Å². The Morgan fingerprint density at radius 1 is 1.32 bits per heavy atom. The first-order chi connectivity index (χ1) is 11.4. The molecule has 0 radical (unpaired) electrons. The van der Waals surface area contributed by atoms with Gasteiger partial charge in [-0.2, -0.15) is 13.2 Å². The van der Waals surface area contributed by atoms with Crippen LogP contribution >= 0.6 is 0 Å². The molecule has 0 unspecified atom stereocenters. The van der Waals surface area contributed by atoms with Crippen molar-refractivity contribution in [1.29, 1.82) is 0 Å². The maximum Gasteiger partial charge on any atom is 0.394 e. The van der Waals surface area contributed by atoms with Gasteiger partial charge in [-0.25, -0.2) is 17.5 Å². The molecular weight excluding hydrogens is 367 g/mol. The summed E-state index contributed by atoms with van der Waals surface area (Å²) in [6.07, 6.45) is -4.42. The summed E-state index contributed by atoms with van der Waals surface area (Å²) in [5.41, 5.74) is 0. The molecule has 1 fully saturated rings. The Hall–Kier alpha value is -1.56. The molecule has 0 spiro atoms. The molecule has 12 heteroatoms. The monoisotopic (exact) mass is 389 g/mol. The van der Waals surface area contributed by atoms with Crippen molar-refractivity contribution in [1.82, 2.24) is 14.5 Å². The number of amides is 2. The van der Waals surface area contributed by atoms with E-state index in [9.17, 15) is 31.2 Å². The van der Waals surface area contributed by atoms with Crippen LogP contribution in [0.2, 0.25) is 0 Å². The molecule has 8 nitrogen and oxygen atoms in total. The average molecular weight is 389 g/mol. The maximum atomic E-state index is 12.9. The number of rotatable bonds is 7. The minimum atomic E-state index is -4.70. The van der Waals surface area contributed by atoms with E-state index in [1.54, 1.807) is 0 Å². The molecule has 0 aromatic heterocycles. The van der Waals surface area contributed by atoms with E-state index in [-0.39, 0.29) is 25.3 Å². The van der Waals surface area contributed by atoms with Crippen LogP contribution in [0, 0.1) is 11.8 Å². The fourth-order valence-electron chi connectivity index (χ4n) is 2.52. The number of hydrogen-bond acceptors (Lipinski definition) is 4. The molecule has 2 amide bonds. The lowest BCUT2D eigenvalue weighted by Gasteiger charge is -2.19. The van der Waals surface area contributed by atoms with E-state index < -0.39 is 53.1 Å². The van der Waals surface area contributed by atoms with Gasteiger partial charge in [-0.1, -0.05) is 0 Å². The lowest BCUT2D eigenvalue weighted by Crippen LogP contribution is -2.40. The van der Waals surface area contributed by atoms with Gasteiger partial charge in [-0.05, 0) is 13.3 Å². The standard InChI is InChI=1S/C13H22F3N3O5S/c1-3-25(23,24)18(2)6-4-5-17-12(22)19-7-9(11(20)21)10(8-19)13(14,15)16/h9-10H,3-8H2,1-2H3,(H,17,22)(H,20,21)/t9-,10-/m1/s1. The molecule has 25 heavy (non-hydrogen) atoms. The zero-order valence-electron chi connectivity index (χ0n) is 13.9. The Balaban J connectivity index is 2.50. The second-order valence-corrected chi connectivity index (χ2v) is 8.17. The highest BCUT2D eigenvalue weighted by atomic mass is 32.2. The van der Waals surface area contributed by atoms with E-state index in [4.69, 9.17) is 5.11 Å². The fraction of sp³-hybridized carbons (Fsp3) is 0.846. The molecule has 0 aromatic carbocycles. The number of aliphatic carboxylic acids is 1. The predicted octanol–water partition coefficient (Wildman–Crippen LogP) is 0.562. The average Bonchev–Trinajstić information content (AvgIpc) is 2.96. The zero-order valence-corrected chi connectivity index (χ0v) is 14.7. The smallest absolute Gasteiger partial charge is 0.394 e. The van der Waals surface area contributed by atoms with Gasteiger partial charge in [0.15, 0.2) is 0 Å². The Labute approximate surface area is 144 Å². The minimum absolute atomic E-state index is 0.0565. The van der Waals surface area contributed by atoms with Gasteiger partial charge in [0.05, 0.1) is 17.6 Å². The topological polar surface area (TPSA) is 107 Å². The summed E-state index contributed by atoms with van der Waals surface area (Å²) in [6, 6.07) is -0.793. The third-order valence-electron chi connectivity index (χ3n) is 4.11. The van der Waals surface area contributed by atoms with Crippen LogP contribution in [0.5, 0.6) is 0 Å². The highest BCUT2D eigenvalue weighted by Gasteiger charge is 2.53. The first kappa shape index (κ1) is 21.5. The molecule has 2 atom stereocenters. The lowest BCUT2D eigenvalue weighted by molar-refractivity contribution is -0.187. The first-order valence-corrected chi connectivity index (χ1v) is 9.27. The molecule has 0 aliphatic carbocycles. The van der Waals surface area contributed by atoms with Crippen molar-refractivity contribution >= 4 is 22.0 Å². The molecule has 1 aliphatic heterocycles. The number of carboxylic acids is 1. The van der Waals surface area contributed by atoms with Crippen LogP contribution in [0.25, 0.3) is 0 Å². The van der Waals surface area contributed by atoms with Gasteiger partial charge in [0.2, 0.25) is 10.0 Å². The summed E-state index contributed by atoms with van der Waals surface area (Å²) in [4.78, 5) is 23.7. The Bertz CT molecular complexity index is 596. The zero-order chi connectivity index (χ0) is 19.4. The van der Waals surface area contributed by atoms with Gasteiger partial charge in [0.1, 0.15) is 0 Å². The molecule has 0 aromatic rings. The third kappa shape index (κ3) is 5.73. The maximum absolute atomic E-state index is 12.9. The number of halogens is 3. The summed E-state index contributed by atoms with van der Waals surface area (Å²) in [6.45, 7) is 0.482. The summed E-state index contributed by atoms with van der Waals surface area (Å²) in [5.74, 6) is -5.44. The number of carbonyl (C=O) groups is 2. The summed E-state index contributed by atoms with van der Waals surface area (Å²) >= 11 is 0. The number of carboxylic acid groups (broad SMARTS) is 1. The van der Waals surface area contributed by atoms with Gasteiger partial charge in [-0.15, -0.1) is 0 Å². The Morgan fingerprint density at radius 3 is 2.36 bits per heavy atom. The lowest BCUT2D eigenvalue weighted by atomic mass is 9.96. The molecule has 0 saturated carbocycles. The van der Waals surface area contributed by atoms with Crippen molar-refractivity contribution in [3.8, 4) is 0 Å². The molecule has 1 heterocycles. The van der Waals surface area contributed by atoms with E-state index in [2.05, 4.69) is 5.32 Å². The quantitative estimate of drug-likeness (QED) is 0.619. The molecule has 0 bridgehead atoms. The third-order valence-corrected chi connectivity index (χ3v) is 5.97. The summed E-state index contributed by atoms with van der Waals surface area (Å²) in [5, 5.41) is 11.3. The van der Waals surface area contributed by atoms with Crippen LogP contribution in [0.4, 0.5) is 18.0 Å². The molecular formula is C13H22F3N3O5S. The minimum Gasteiger partial charge on any atom is -0.481 e. The Kier molecular flexibility index (Phi) is 7.06. The van der Waals surface area contributed by atoms with Gasteiger partial charge in [0.25, 0.3) is 0 Å². The van der Waals surface area contributed by atoms with Gasteiger partial charge in [0, 0.05) is 33.2 Å². The number of alkyl halides is 3. The molecule has 146 valence electrons. The van der Waals surface area contributed by atoms with E-state index >= 15 is 0 Å². The van der Waals surface area contributed by atoms with Gasteiger partial charge >= 0.3 is 18.2 Å². The van der Waals surface area contributed by atoms with E-state index in [0.717, 1.165) is 9.21 Å². The van der Waals surface area contributed by atoms with Crippen LogP contribution in [-0.4, -0.2) is 79.9 Å². The van der Waals surface area contributed by atoms with Crippen molar-refractivity contribution in [2.24, 2.45) is 11.8 Å². The largest absolute Gasteiger partial charge is 0.481 e. The normalized spacial score (nSPS) is 21.6. The van der Waals surface area contributed by atoms with E-state index in [1.165, 1.54) is 14.0 Å². The number of nitrogens with one attached hydrogen (secondary N) is 1. The number of likely N-dealkylation sites (tertiary alicyclic amines) is 1. The number of urea groups is 1. The first-order valence-electron chi connectivity index (χ1n) is 7.66. The van der Waals surface area contributed by atoms with Gasteiger partial charge in [-0.3, -0.25) is 4.79 Å². The molecule has 1 saturated heterocycles. The van der Waals surface area contributed by atoms with Crippen LogP contribution in [0.3, 0.4) is 0 Å². The van der Waals surface area contributed by atoms with Crippen LogP contribution in [0.1, 0.15) is 13.3 Å².